The second-order valence-corrected chi connectivity index (χ2v) is 5.91. The van der Waals surface area contributed by atoms with E-state index in [2.05, 4.69) is 21.7 Å². The molecule has 1 saturated heterocycles. The first kappa shape index (κ1) is 17.2. The molecule has 0 spiro atoms. The van der Waals surface area contributed by atoms with E-state index in [1.54, 1.807) is 19.4 Å². The minimum absolute atomic E-state index is 0.123. The zero-order chi connectivity index (χ0) is 17.5. The number of methoxy groups -OCH3 is 1. The summed E-state index contributed by atoms with van der Waals surface area (Å²) >= 11 is 0. The largest absolute Gasteiger partial charge is 0.496 e. The highest BCUT2D eigenvalue weighted by Crippen LogP contribution is 2.18. The monoisotopic (exact) mass is 341 g/mol. The molecular formula is C19H23N3O3. The number of carbonyl (C=O) groups excluding carboxylic acids is 1. The van der Waals surface area contributed by atoms with E-state index in [-0.39, 0.29) is 12.0 Å². The van der Waals surface area contributed by atoms with Crippen LogP contribution in [0.1, 0.15) is 18.4 Å². The standard InChI is InChI=1S/C19H23N3O3/c1-24-16-6-3-2-5-14(16)10-11-20-15-8-9-18(21-13-15)22-19(23)17-7-4-12-25-17/h2-3,5-6,8-9,13,17,20H,4,7,10-12H2,1H3,(H,21,22,23). The first-order chi connectivity index (χ1) is 12.3. The minimum atomic E-state index is -0.347. The Morgan fingerprint density at radius 1 is 1.32 bits per heavy atom. The van der Waals surface area contributed by atoms with Gasteiger partial charge in [0.2, 0.25) is 0 Å². The van der Waals surface area contributed by atoms with Crippen LogP contribution in [-0.2, 0) is 16.0 Å². The van der Waals surface area contributed by atoms with Gasteiger partial charge in [-0.25, -0.2) is 4.98 Å². The SMILES string of the molecule is COc1ccccc1CCNc1ccc(NC(=O)C2CCCO2)nc1. The summed E-state index contributed by atoms with van der Waals surface area (Å²) in [5, 5.41) is 6.11. The van der Waals surface area contributed by atoms with Gasteiger partial charge in [0, 0.05) is 13.2 Å². The highest BCUT2D eigenvalue weighted by molar-refractivity contribution is 5.93. The van der Waals surface area contributed by atoms with Gasteiger partial charge in [-0.1, -0.05) is 18.2 Å². The van der Waals surface area contributed by atoms with Gasteiger partial charge >= 0.3 is 0 Å². The van der Waals surface area contributed by atoms with Gasteiger partial charge in [0.25, 0.3) is 5.91 Å². The number of aromatic nitrogens is 1. The maximum atomic E-state index is 12.0. The van der Waals surface area contributed by atoms with E-state index in [0.29, 0.717) is 12.4 Å². The number of amides is 1. The molecule has 1 unspecified atom stereocenters. The van der Waals surface area contributed by atoms with E-state index in [9.17, 15) is 4.79 Å². The summed E-state index contributed by atoms with van der Waals surface area (Å²) in [6, 6.07) is 11.7. The summed E-state index contributed by atoms with van der Waals surface area (Å²) in [5.41, 5.74) is 2.07. The molecule has 3 rings (SSSR count). The van der Waals surface area contributed by atoms with Crippen molar-refractivity contribution >= 4 is 17.4 Å². The molecule has 1 aliphatic heterocycles. The molecule has 0 aliphatic carbocycles. The van der Waals surface area contributed by atoms with E-state index in [1.807, 2.05) is 24.3 Å². The Labute approximate surface area is 147 Å². The highest BCUT2D eigenvalue weighted by Gasteiger charge is 2.23. The Morgan fingerprint density at radius 2 is 2.20 bits per heavy atom. The van der Waals surface area contributed by atoms with Gasteiger partial charge in [-0.3, -0.25) is 4.79 Å². The summed E-state index contributed by atoms with van der Waals surface area (Å²) in [6.45, 7) is 1.42. The van der Waals surface area contributed by atoms with Crippen LogP contribution in [0.2, 0.25) is 0 Å². The molecule has 1 fully saturated rings. The van der Waals surface area contributed by atoms with Crippen LogP contribution in [0.15, 0.2) is 42.6 Å². The summed E-state index contributed by atoms with van der Waals surface area (Å²) < 4.78 is 10.7. The molecule has 0 radical (unpaired) electrons. The molecule has 6 heteroatoms. The number of ether oxygens (including phenoxy) is 2. The van der Waals surface area contributed by atoms with Gasteiger partial charge in [-0.15, -0.1) is 0 Å². The predicted octanol–water partition coefficient (Wildman–Crippen LogP) is 2.86. The molecular weight excluding hydrogens is 318 g/mol. The van der Waals surface area contributed by atoms with Crippen molar-refractivity contribution in [2.45, 2.75) is 25.4 Å². The van der Waals surface area contributed by atoms with Crippen LogP contribution in [-0.4, -0.2) is 37.3 Å². The van der Waals surface area contributed by atoms with Gasteiger partial charge < -0.3 is 20.1 Å². The van der Waals surface area contributed by atoms with Crippen molar-refractivity contribution in [1.29, 1.82) is 0 Å². The van der Waals surface area contributed by atoms with Crippen LogP contribution in [0.5, 0.6) is 5.75 Å². The Bertz CT molecular complexity index is 697. The Hall–Kier alpha value is -2.60. The molecule has 1 aliphatic rings. The smallest absolute Gasteiger partial charge is 0.254 e. The maximum Gasteiger partial charge on any atom is 0.254 e. The normalized spacial score (nSPS) is 16.4. The predicted molar refractivity (Wildman–Crippen MR) is 97.0 cm³/mol. The Morgan fingerprint density at radius 3 is 2.92 bits per heavy atom. The third-order valence-electron chi connectivity index (χ3n) is 4.15. The molecule has 1 atom stereocenters. The van der Waals surface area contributed by atoms with Crippen LogP contribution in [0, 0.1) is 0 Å². The summed E-state index contributed by atoms with van der Waals surface area (Å²) in [4.78, 5) is 16.3. The molecule has 132 valence electrons. The number of pyridine rings is 1. The average Bonchev–Trinajstić information content (AvgIpc) is 3.18. The number of rotatable bonds is 7. The molecule has 0 bridgehead atoms. The number of benzene rings is 1. The molecule has 2 heterocycles. The van der Waals surface area contributed by atoms with Crippen LogP contribution < -0.4 is 15.4 Å². The van der Waals surface area contributed by atoms with E-state index >= 15 is 0 Å². The van der Waals surface area contributed by atoms with Gasteiger partial charge in [0.15, 0.2) is 0 Å². The van der Waals surface area contributed by atoms with Crippen molar-refractivity contribution in [3.8, 4) is 5.75 Å². The molecule has 2 N–H and O–H groups in total. The molecule has 1 aromatic heterocycles. The van der Waals surface area contributed by atoms with E-state index in [0.717, 1.165) is 42.8 Å². The second kappa shape index (κ2) is 8.48. The quantitative estimate of drug-likeness (QED) is 0.810. The fourth-order valence-electron chi connectivity index (χ4n) is 2.81. The van der Waals surface area contributed by atoms with Crippen molar-refractivity contribution in [1.82, 2.24) is 4.98 Å². The fraction of sp³-hybridized carbons (Fsp3) is 0.368. The minimum Gasteiger partial charge on any atom is -0.496 e. The van der Waals surface area contributed by atoms with Crippen molar-refractivity contribution < 1.29 is 14.3 Å². The van der Waals surface area contributed by atoms with Gasteiger partial charge in [0.05, 0.1) is 19.0 Å². The lowest BCUT2D eigenvalue weighted by molar-refractivity contribution is -0.124. The number of hydrogen-bond donors (Lipinski definition) is 2. The molecule has 6 nitrogen and oxygen atoms in total. The summed E-state index contributed by atoms with van der Waals surface area (Å²) in [5.74, 6) is 1.31. The molecule has 0 saturated carbocycles. The van der Waals surface area contributed by atoms with Gasteiger partial charge in [0.1, 0.15) is 17.7 Å². The Kier molecular flexibility index (Phi) is 5.85. The highest BCUT2D eigenvalue weighted by atomic mass is 16.5. The number of nitrogens with zero attached hydrogens (tertiary/aromatic N) is 1. The van der Waals surface area contributed by atoms with Crippen LogP contribution in [0.3, 0.4) is 0 Å². The first-order valence-electron chi connectivity index (χ1n) is 8.50. The summed E-state index contributed by atoms with van der Waals surface area (Å²) in [7, 11) is 1.68. The lowest BCUT2D eigenvalue weighted by Gasteiger charge is -2.11. The molecule has 1 amide bonds. The average molecular weight is 341 g/mol. The first-order valence-corrected chi connectivity index (χ1v) is 8.50. The molecule has 2 aromatic rings. The number of nitrogens with one attached hydrogen (secondary N) is 2. The van der Waals surface area contributed by atoms with Gasteiger partial charge in [-0.2, -0.15) is 0 Å². The van der Waals surface area contributed by atoms with Crippen molar-refractivity contribution in [3.63, 3.8) is 0 Å². The topological polar surface area (TPSA) is 72.5 Å². The fourth-order valence-corrected chi connectivity index (χ4v) is 2.81. The van der Waals surface area contributed by atoms with Crippen LogP contribution in [0.4, 0.5) is 11.5 Å². The summed E-state index contributed by atoms with van der Waals surface area (Å²) in [6.07, 6.45) is 3.92. The van der Waals surface area contributed by atoms with E-state index < -0.39 is 0 Å². The third-order valence-corrected chi connectivity index (χ3v) is 4.15. The molecule has 25 heavy (non-hydrogen) atoms. The van der Waals surface area contributed by atoms with Crippen LogP contribution in [0.25, 0.3) is 0 Å². The third kappa shape index (κ3) is 4.70. The zero-order valence-electron chi connectivity index (χ0n) is 14.3. The lowest BCUT2D eigenvalue weighted by Crippen LogP contribution is -2.27. The van der Waals surface area contributed by atoms with Crippen molar-refractivity contribution in [3.05, 3.63) is 48.2 Å². The van der Waals surface area contributed by atoms with Crippen molar-refractivity contribution in [2.75, 3.05) is 30.9 Å². The lowest BCUT2D eigenvalue weighted by atomic mass is 10.1. The van der Waals surface area contributed by atoms with E-state index in [1.165, 1.54) is 0 Å². The van der Waals surface area contributed by atoms with Gasteiger partial charge in [-0.05, 0) is 43.0 Å². The number of carbonyl (C=O) groups is 1. The Balaban J connectivity index is 1.48. The maximum absolute atomic E-state index is 12.0. The number of para-hydroxylation sites is 1. The number of anilines is 2. The second-order valence-electron chi connectivity index (χ2n) is 5.91. The van der Waals surface area contributed by atoms with Crippen LogP contribution >= 0.6 is 0 Å². The van der Waals surface area contributed by atoms with Crippen molar-refractivity contribution in [2.24, 2.45) is 0 Å². The zero-order valence-corrected chi connectivity index (χ0v) is 14.3. The molecule has 1 aromatic carbocycles. The number of hydrogen-bond acceptors (Lipinski definition) is 5. The van der Waals surface area contributed by atoms with E-state index in [4.69, 9.17) is 9.47 Å².